The standard InChI is InChI=1S/6C18H36O2.6Zn/c6*1-2-3-4-5-6-7-8-9-10-11-12-13-14-15-16-17-18(19)20;;;;;;/h6*2-17H2,1H3,(H,19,20);;;;;;/q;;;;;;6*+2. The molecule has 0 spiro atoms. The molecule has 0 aliphatic heterocycles. The summed E-state index contributed by atoms with van der Waals surface area (Å²) in [6.45, 7) is 13.6. The van der Waals surface area contributed by atoms with E-state index in [1.807, 2.05) is 0 Å². The van der Waals surface area contributed by atoms with Crippen LogP contribution >= 0.6 is 0 Å². The second-order valence-electron chi connectivity index (χ2n) is 36.6. The third kappa shape index (κ3) is 181. The van der Waals surface area contributed by atoms with E-state index < -0.39 is 35.8 Å². The van der Waals surface area contributed by atoms with Crippen LogP contribution in [-0.2, 0) is 146 Å². The average molecular weight is 2100 g/mol. The Labute approximate surface area is 862 Å². The Morgan fingerprint density at radius 2 is 0.151 bits per heavy atom. The Hall–Kier alpha value is 0.560. The Morgan fingerprint density at radius 1 is 0.103 bits per heavy atom. The van der Waals surface area contributed by atoms with E-state index in [4.69, 9.17) is 30.6 Å². The molecule has 6 N–H and O–H groups in total. The van der Waals surface area contributed by atoms with Gasteiger partial charge in [0.2, 0.25) is 0 Å². The molecule has 0 unspecified atom stereocenters. The summed E-state index contributed by atoms with van der Waals surface area (Å²) >= 11 is 0. The van der Waals surface area contributed by atoms with Crippen LogP contribution in [0.2, 0.25) is 0 Å². The predicted molar refractivity (Wildman–Crippen MR) is 523 cm³/mol. The van der Waals surface area contributed by atoms with E-state index in [2.05, 4.69) is 41.5 Å². The second kappa shape index (κ2) is 148. The molecule has 0 saturated carbocycles. The van der Waals surface area contributed by atoms with Crippen molar-refractivity contribution in [3.8, 4) is 0 Å². The molecule has 0 aromatic rings. The number of aliphatic carboxylic acids is 6. The fourth-order valence-corrected chi connectivity index (χ4v) is 15.9. The van der Waals surface area contributed by atoms with Gasteiger partial charge in [-0.1, -0.05) is 581 Å². The molecule has 0 aliphatic carbocycles. The Morgan fingerprint density at radius 3 is 0.198 bits per heavy atom. The zero-order chi connectivity index (χ0) is 89.3. The van der Waals surface area contributed by atoms with Gasteiger partial charge in [0.15, 0.2) is 0 Å². The fraction of sp³-hybridized carbons (Fsp3) is 0.944. The van der Waals surface area contributed by atoms with Crippen molar-refractivity contribution >= 4 is 35.8 Å². The van der Waals surface area contributed by atoms with Gasteiger partial charge in [0.1, 0.15) is 0 Å². The first kappa shape index (κ1) is 152. The molecule has 0 bridgehead atoms. The van der Waals surface area contributed by atoms with Gasteiger partial charge < -0.3 is 30.6 Å². The topological polar surface area (TPSA) is 224 Å². The van der Waals surface area contributed by atoms with Crippen LogP contribution in [0.25, 0.3) is 0 Å². The maximum Gasteiger partial charge on any atom is 2.00 e. The third-order valence-corrected chi connectivity index (χ3v) is 24.0. The SMILES string of the molecule is CCCCCCCCCCCCCCCCCC(=O)O.CCCCCCCCCCCCCCCCCC(=O)O.CCCCCCCCCCCCCCCCCC(=O)O.CCCCCCCCCCCCCCCCCC(=O)O.CCCCCCCCCCCCCCCCCC(=O)O.CCCCCCCCCCCCCCCCCC(=O)O.[Zn+2].[Zn+2].[Zn+2].[Zn+2].[Zn+2].[Zn+2]. The third-order valence-electron chi connectivity index (χ3n) is 24.0. The first-order valence-electron chi connectivity index (χ1n) is 53.9. The van der Waals surface area contributed by atoms with E-state index in [0.717, 1.165) is 77.0 Å². The summed E-state index contributed by atoms with van der Waals surface area (Å²) in [5, 5.41) is 51.1. The minimum absolute atomic E-state index is 0. The van der Waals surface area contributed by atoms with Gasteiger partial charge in [-0.15, -0.1) is 0 Å². The van der Waals surface area contributed by atoms with Gasteiger partial charge in [0.05, 0.1) is 0 Å². The minimum atomic E-state index is -0.653. The number of hydrogen-bond donors (Lipinski definition) is 6. The molecule has 720 valence electrons. The first-order chi connectivity index (χ1) is 58.6. The van der Waals surface area contributed by atoms with Crippen LogP contribution in [0.5, 0.6) is 0 Å². The zero-order valence-corrected chi connectivity index (χ0v) is 104. The van der Waals surface area contributed by atoms with Crippen molar-refractivity contribution in [2.45, 2.75) is 658 Å². The summed E-state index contributed by atoms with van der Waals surface area (Å²) in [7, 11) is 0. The van der Waals surface area contributed by atoms with Gasteiger partial charge in [-0.3, -0.25) is 28.8 Å². The largest absolute Gasteiger partial charge is 2.00 e. The van der Waals surface area contributed by atoms with Crippen LogP contribution < -0.4 is 0 Å². The van der Waals surface area contributed by atoms with Gasteiger partial charge in [-0.2, -0.15) is 0 Å². The summed E-state index contributed by atoms with van der Waals surface area (Å²) in [4.78, 5) is 62.0. The van der Waals surface area contributed by atoms with Crippen LogP contribution in [0.15, 0.2) is 0 Å². The maximum atomic E-state index is 10.3. The van der Waals surface area contributed by atoms with Crippen molar-refractivity contribution in [2.24, 2.45) is 0 Å². The van der Waals surface area contributed by atoms with E-state index in [0.29, 0.717) is 38.5 Å². The molecule has 0 radical (unpaired) electrons. The molecule has 18 heteroatoms. The normalized spacial score (nSPS) is 10.3. The summed E-state index contributed by atoms with van der Waals surface area (Å²) in [5.74, 6) is -3.92. The Balaban J connectivity index is -0.000000123. The quantitative estimate of drug-likeness (QED) is 0.0247. The van der Waals surface area contributed by atoms with Gasteiger partial charge in [0.25, 0.3) is 0 Å². The molecule has 0 saturated heterocycles. The number of rotatable bonds is 96. The molecule has 12 nitrogen and oxygen atoms in total. The molecule has 0 aliphatic rings. The molecule has 0 rings (SSSR count). The fourth-order valence-electron chi connectivity index (χ4n) is 15.9. The number of unbranched alkanes of at least 4 members (excludes halogenated alkanes) is 84. The van der Waals surface area contributed by atoms with Crippen LogP contribution in [0, 0.1) is 0 Å². The minimum Gasteiger partial charge on any atom is -0.481 e. The van der Waals surface area contributed by atoms with Gasteiger partial charge in [0, 0.05) is 38.5 Å². The second-order valence-corrected chi connectivity index (χ2v) is 36.6. The van der Waals surface area contributed by atoms with Crippen LogP contribution in [0.4, 0.5) is 0 Å². The molecular formula is C108H216O12Zn6+12. The van der Waals surface area contributed by atoms with Crippen molar-refractivity contribution in [1.29, 1.82) is 0 Å². The molecule has 0 amide bonds. The van der Waals surface area contributed by atoms with E-state index >= 15 is 0 Å². The van der Waals surface area contributed by atoms with Crippen LogP contribution in [-0.4, -0.2) is 66.5 Å². The Bertz CT molecular complexity index is 1590. The molecule has 0 fully saturated rings. The van der Waals surface area contributed by atoms with Gasteiger partial charge in [-0.25, -0.2) is 0 Å². The summed E-state index contributed by atoms with van der Waals surface area (Å²) in [6.07, 6.45) is 121. The molecule has 0 aromatic carbocycles. The summed E-state index contributed by atoms with van der Waals surface area (Å²) < 4.78 is 0. The molecule has 0 aromatic heterocycles. The van der Waals surface area contributed by atoms with Crippen molar-refractivity contribution in [1.82, 2.24) is 0 Å². The number of hydrogen-bond acceptors (Lipinski definition) is 6. The predicted octanol–water partition coefficient (Wildman–Crippen LogP) is 38.0. The van der Waals surface area contributed by atoms with Crippen molar-refractivity contribution < 1.29 is 176 Å². The van der Waals surface area contributed by atoms with Gasteiger partial charge in [-0.05, 0) is 38.5 Å². The smallest absolute Gasteiger partial charge is 0.481 e. The van der Waals surface area contributed by atoms with E-state index in [9.17, 15) is 28.8 Å². The first-order valence-corrected chi connectivity index (χ1v) is 53.9. The number of carboxylic acids is 6. The number of carbonyl (C=O) groups is 6. The number of carboxylic acid groups (broad SMARTS) is 6. The monoisotopic (exact) mass is 2090 g/mol. The summed E-state index contributed by atoms with van der Waals surface area (Å²) in [6, 6.07) is 0. The molecule has 0 heterocycles. The van der Waals surface area contributed by atoms with E-state index in [1.165, 1.54) is 501 Å². The van der Waals surface area contributed by atoms with E-state index in [-0.39, 0.29) is 117 Å². The average Bonchev–Trinajstić information content (AvgIpc) is 1.13. The van der Waals surface area contributed by atoms with Crippen molar-refractivity contribution in [2.75, 3.05) is 0 Å². The summed E-state index contributed by atoms with van der Waals surface area (Å²) in [5.41, 5.74) is 0. The van der Waals surface area contributed by atoms with E-state index in [1.54, 1.807) is 0 Å². The Kier molecular flexibility index (Phi) is 179. The molecule has 0 atom stereocenters. The molecule has 126 heavy (non-hydrogen) atoms. The van der Waals surface area contributed by atoms with Crippen molar-refractivity contribution in [3.05, 3.63) is 0 Å². The maximum absolute atomic E-state index is 10.3. The van der Waals surface area contributed by atoms with Crippen molar-refractivity contribution in [3.63, 3.8) is 0 Å². The van der Waals surface area contributed by atoms with Gasteiger partial charge >= 0.3 is 153 Å². The van der Waals surface area contributed by atoms with Crippen LogP contribution in [0.1, 0.15) is 658 Å². The zero-order valence-electron chi connectivity index (χ0n) is 86.3. The molecular weight excluding hydrogens is 1880 g/mol. The van der Waals surface area contributed by atoms with Crippen LogP contribution in [0.3, 0.4) is 0 Å².